The number of ether oxygens (including phenoxy) is 1. The lowest BCUT2D eigenvalue weighted by Crippen LogP contribution is -2.28. The molecule has 0 unspecified atom stereocenters. The number of hydrogen-bond donors (Lipinski definition) is 1. The van der Waals surface area contributed by atoms with Crippen molar-refractivity contribution in [3.8, 4) is 5.75 Å². The van der Waals surface area contributed by atoms with Gasteiger partial charge >= 0.3 is 0 Å². The van der Waals surface area contributed by atoms with Crippen molar-refractivity contribution < 1.29 is 17.9 Å². The number of carbonyl (C=O) groups is 1. The maximum atomic E-state index is 12.9. The molecule has 0 spiro atoms. The first-order chi connectivity index (χ1) is 15.3. The molecule has 1 N–H and O–H groups in total. The Kier molecular flexibility index (Phi) is 7.66. The largest absolute Gasteiger partial charge is 0.496 e. The van der Waals surface area contributed by atoms with E-state index < -0.39 is 10.0 Å². The van der Waals surface area contributed by atoms with Crippen LogP contribution >= 0.6 is 0 Å². The van der Waals surface area contributed by atoms with Crippen LogP contribution in [-0.4, -0.2) is 39.3 Å². The van der Waals surface area contributed by atoms with E-state index in [1.807, 2.05) is 37.3 Å². The molecule has 0 atom stereocenters. The topological polar surface area (TPSA) is 75.7 Å². The van der Waals surface area contributed by atoms with Gasteiger partial charge in [0.25, 0.3) is 5.91 Å². The molecule has 7 heteroatoms. The Labute approximate surface area is 189 Å². The zero-order valence-electron chi connectivity index (χ0n) is 18.5. The van der Waals surface area contributed by atoms with E-state index in [0.717, 1.165) is 17.5 Å². The molecule has 0 aliphatic heterocycles. The first kappa shape index (κ1) is 23.5. The van der Waals surface area contributed by atoms with E-state index in [-0.39, 0.29) is 17.3 Å². The molecule has 0 aromatic heterocycles. The minimum atomic E-state index is -3.68. The fourth-order valence-electron chi connectivity index (χ4n) is 3.33. The molecule has 168 valence electrons. The third-order valence-corrected chi connectivity index (χ3v) is 7.02. The summed E-state index contributed by atoms with van der Waals surface area (Å²) in [6.07, 6.45) is 0.729. The number of sulfonamides is 1. The molecule has 0 radical (unpaired) electrons. The Morgan fingerprint density at radius 1 is 1.00 bits per heavy atom. The lowest BCUT2D eigenvalue weighted by atomic mass is 10.1. The van der Waals surface area contributed by atoms with Crippen LogP contribution in [0.2, 0.25) is 0 Å². The summed E-state index contributed by atoms with van der Waals surface area (Å²) in [4.78, 5) is 12.9. The van der Waals surface area contributed by atoms with Crippen molar-refractivity contribution in [2.75, 3.05) is 20.7 Å². The number of methoxy groups -OCH3 is 1. The highest BCUT2D eigenvalue weighted by atomic mass is 32.2. The predicted octanol–water partition coefficient (Wildman–Crippen LogP) is 3.80. The van der Waals surface area contributed by atoms with E-state index in [1.165, 1.54) is 18.5 Å². The Morgan fingerprint density at radius 2 is 1.69 bits per heavy atom. The van der Waals surface area contributed by atoms with Crippen LogP contribution in [-0.2, 0) is 23.0 Å². The van der Waals surface area contributed by atoms with Gasteiger partial charge in [-0.05, 0) is 49.2 Å². The molecular weight excluding hydrogens is 424 g/mol. The van der Waals surface area contributed by atoms with Crippen LogP contribution < -0.4 is 10.1 Å². The molecule has 3 rings (SSSR count). The van der Waals surface area contributed by atoms with E-state index in [1.54, 1.807) is 42.5 Å². The number of nitrogens with zero attached hydrogens (tertiary/aromatic N) is 1. The highest BCUT2D eigenvalue weighted by molar-refractivity contribution is 7.89. The van der Waals surface area contributed by atoms with Crippen molar-refractivity contribution in [1.29, 1.82) is 0 Å². The monoisotopic (exact) mass is 452 g/mol. The van der Waals surface area contributed by atoms with Crippen molar-refractivity contribution in [1.82, 2.24) is 9.62 Å². The van der Waals surface area contributed by atoms with Gasteiger partial charge in [0.15, 0.2) is 0 Å². The molecule has 32 heavy (non-hydrogen) atoms. The van der Waals surface area contributed by atoms with E-state index >= 15 is 0 Å². The molecule has 0 saturated heterocycles. The van der Waals surface area contributed by atoms with Crippen LogP contribution in [0.25, 0.3) is 0 Å². The fraction of sp³-hybridized carbons (Fsp3) is 0.240. The highest BCUT2D eigenvalue weighted by Crippen LogP contribution is 2.24. The smallest absolute Gasteiger partial charge is 0.251 e. The lowest BCUT2D eigenvalue weighted by Gasteiger charge is -2.19. The van der Waals surface area contributed by atoms with Crippen LogP contribution in [0.4, 0.5) is 0 Å². The first-order valence-electron chi connectivity index (χ1n) is 10.3. The summed E-state index contributed by atoms with van der Waals surface area (Å²) in [6.45, 7) is 2.48. The lowest BCUT2D eigenvalue weighted by molar-refractivity contribution is 0.0954. The molecule has 0 saturated carbocycles. The SMILES string of the molecule is COc1ccc(C(=O)NCCc2ccccc2)cc1CN(C)S(=O)(=O)c1ccc(C)cc1. The molecule has 0 heterocycles. The van der Waals surface area contributed by atoms with Crippen LogP contribution in [0.5, 0.6) is 5.75 Å². The number of rotatable bonds is 9. The standard InChI is InChI=1S/C25H28N2O4S/c1-19-9-12-23(13-10-19)32(29,30)27(2)18-22-17-21(11-14-24(22)31-3)25(28)26-16-15-20-7-5-4-6-8-20/h4-14,17H,15-16,18H2,1-3H3,(H,26,28). The molecule has 0 aliphatic rings. The van der Waals surface area contributed by atoms with Gasteiger partial charge in [0.05, 0.1) is 12.0 Å². The van der Waals surface area contributed by atoms with E-state index in [0.29, 0.717) is 23.4 Å². The number of benzene rings is 3. The number of nitrogens with one attached hydrogen (secondary N) is 1. The van der Waals surface area contributed by atoms with Crippen LogP contribution in [0, 0.1) is 6.92 Å². The predicted molar refractivity (Wildman–Crippen MR) is 125 cm³/mol. The van der Waals surface area contributed by atoms with Gasteiger partial charge in [0.1, 0.15) is 5.75 Å². The van der Waals surface area contributed by atoms with Crippen molar-refractivity contribution >= 4 is 15.9 Å². The molecular formula is C25H28N2O4S. The van der Waals surface area contributed by atoms with Crippen molar-refractivity contribution in [3.05, 3.63) is 95.1 Å². The summed E-state index contributed by atoms with van der Waals surface area (Å²) >= 11 is 0. The fourth-order valence-corrected chi connectivity index (χ4v) is 4.47. The average molecular weight is 453 g/mol. The average Bonchev–Trinajstić information content (AvgIpc) is 2.80. The zero-order valence-corrected chi connectivity index (χ0v) is 19.4. The molecule has 1 amide bonds. The summed E-state index contributed by atoms with van der Waals surface area (Å²) in [7, 11) is -0.644. The molecule has 6 nitrogen and oxygen atoms in total. The summed E-state index contributed by atoms with van der Waals surface area (Å²) in [5.74, 6) is 0.311. The van der Waals surface area contributed by atoms with E-state index in [2.05, 4.69) is 5.32 Å². The molecule has 0 fully saturated rings. The molecule has 0 bridgehead atoms. The van der Waals surface area contributed by atoms with Gasteiger partial charge in [0, 0.05) is 31.3 Å². The third kappa shape index (κ3) is 5.75. The van der Waals surface area contributed by atoms with Crippen LogP contribution in [0.15, 0.2) is 77.7 Å². The second-order valence-electron chi connectivity index (χ2n) is 7.59. The van der Waals surface area contributed by atoms with E-state index in [9.17, 15) is 13.2 Å². The maximum Gasteiger partial charge on any atom is 0.251 e. The van der Waals surface area contributed by atoms with Crippen molar-refractivity contribution in [2.24, 2.45) is 0 Å². The Bertz CT molecular complexity index is 1160. The van der Waals surface area contributed by atoms with Crippen LogP contribution in [0.1, 0.15) is 27.0 Å². The number of amides is 1. The van der Waals surface area contributed by atoms with Crippen molar-refractivity contribution in [2.45, 2.75) is 24.8 Å². The van der Waals surface area contributed by atoms with Gasteiger partial charge in [-0.25, -0.2) is 8.42 Å². The summed E-state index contributed by atoms with van der Waals surface area (Å²) in [6, 6.07) is 21.7. The van der Waals surface area contributed by atoms with Gasteiger partial charge in [-0.3, -0.25) is 4.79 Å². The molecule has 3 aromatic carbocycles. The second kappa shape index (κ2) is 10.4. The van der Waals surface area contributed by atoms with Gasteiger partial charge < -0.3 is 10.1 Å². The number of hydrogen-bond acceptors (Lipinski definition) is 4. The number of carbonyl (C=O) groups excluding carboxylic acids is 1. The Hall–Kier alpha value is -3.16. The summed E-state index contributed by atoms with van der Waals surface area (Å²) in [5.41, 5.74) is 3.20. The minimum absolute atomic E-state index is 0.0739. The van der Waals surface area contributed by atoms with Gasteiger partial charge in [0.2, 0.25) is 10.0 Å². The van der Waals surface area contributed by atoms with E-state index in [4.69, 9.17) is 4.74 Å². The minimum Gasteiger partial charge on any atom is -0.496 e. The summed E-state index contributed by atoms with van der Waals surface area (Å²) < 4.78 is 32.6. The Balaban J connectivity index is 1.72. The third-order valence-electron chi connectivity index (χ3n) is 5.21. The number of aryl methyl sites for hydroxylation is 1. The first-order valence-corrected chi connectivity index (χ1v) is 11.8. The zero-order chi connectivity index (χ0) is 23.1. The maximum absolute atomic E-state index is 12.9. The van der Waals surface area contributed by atoms with Crippen LogP contribution in [0.3, 0.4) is 0 Å². The Morgan fingerprint density at radius 3 is 2.34 bits per heavy atom. The van der Waals surface area contributed by atoms with Gasteiger partial charge in [-0.1, -0.05) is 48.0 Å². The highest BCUT2D eigenvalue weighted by Gasteiger charge is 2.22. The second-order valence-corrected chi connectivity index (χ2v) is 9.64. The normalized spacial score (nSPS) is 11.4. The molecule has 0 aliphatic carbocycles. The molecule has 3 aromatic rings. The van der Waals surface area contributed by atoms with Gasteiger partial charge in [-0.15, -0.1) is 0 Å². The summed E-state index contributed by atoms with van der Waals surface area (Å²) in [5, 5.41) is 2.92. The quantitative estimate of drug-likeness (QED) is 0.536. The van der Waals surface area contributed by atoms with Crippen molar-refractivity contribution in [3.63, 3.8) is 0 Å². The van der Waals surface area contributed by atoms with Gasteiger partial charge in [-0.2, -0.15) is 4.31 Å².